The molecule has 0 aliphatic rings. The largest absolute Gasteiger partial charge is 0.457 e. The van der Waals surface area contributed by atoms with Gasteiger partial charge >= 0.3 is 0 Å². The first-order valence-electron chi connectivity index (χ1n) is 9.90. The molecular formula is C24H13Cl6N3O2. The van der Waals surface area contributed by atoms with Crippen LogP contribution in [-0.4, -0.2) is 20.7 Å². The summed E-state index contributed by atoms with van der Waals surface area (Å²) in [5.41, 5.74) is 1.23. The summed E-state index contributed by atoms with van der Waals surface area (Å²) in [7, 11) is 0. The van der Waals surface area contributed by atoms with Crippen molar-refractivity contribution in [3.63, 3.8) is 0 Å². The third-order valence-corrected chi connectivity index (χ3v) is 5.65. The lowest BCUT2D eigenvalue weighted by Gasteiger charge is -2.16. The molecule has 0 aliphatic heterocycles. The van der Waals surface area contributed by atoms with Gasteiger partial charge in [-0.25, -0.2) is 15.0 Å². The van der Waals surface area contributed by atoms with Crippen molar-refractivity contribution < 1.29 is 9.53 Å². The van der Waals surface area contributed by atoms with Gasteiger partial charge in [0.05, 0.1) is 5.56 Å². The van der Waals surface area contributed by atoms with E-state index in [0.29, 0.717) is 22.4 Å². The summed E-state index contributed by atoms with van der Waals surface area (Å²) < 4.78 is 2.05. The minimum absolute atomic E-state index is 0.0549. The van der Waals surface area contributed by atoms with E-state index in [1.54, 1.807) is 54.6 Å². The number of benzene rings is 3. The summed E-state index contributed by atoms with van der Waals surface area (Å²) in [6.45, 7) is 0. The predicted octanol–water partition coefficient (Wildman–Crippen LogP) is 8.22. The molecule has 0 unspecified atom stereocenters. The second-order valence-corrected chi connectivity index (χ2v) is 11.7. The van der Waals surface area contributed by atoms with Crippen LogP contribution >= 0.6 is 69.6 Å². The molecule has 3 aromatic carbocycles. The smallest absolute Gasteiger partial charge is 0.250 e. The van der Waals surface area contributed by atoms with Gasteiger partial charge in [-0.2, -0.15) is 0 Å². The fraction of sp³-hybridized carbons (Fsp3) is 0.0833. The second kappa shape index (κ2) is 10.5. The Hall–Kier alpha value is -2.12. The Morgan fingerprint density at radius 3 is 1.77 bits per heavy atom. The van der Waals surface area contributed by atoms with Crippen LogP contribution in [0.15, 0.2) is 78.9 Å². The van der Waals surface area contributed by atoms with Gasteiger partial charge < -0.3 is 4.74 Å². The zero-order chi connectivity index (χ0) is 25.2. The van der Waals surface area contributed by atoms with Gasteiger partial charge in [-0.3, -0.25) is 4.79 Å². The van der Waals surface area contributed by atoms with Gasteiger partial charge in [0.25, 0.3) is 0 Å². The number of ether oxygens (including phenoxy) is 1. The number of aromatic nitrogens is 3. The summed E-state index contributed by atoms with van der Waals surface area (Å²) in [5.74, 6) is 0.134. The summed E-state index contributed by atoms with van der Waals surface area (Å²) in [5, 5.41) is 0. The Kier molecular flexibility index (Phi) is 7.77. The summed E-state index contributed by atoms with van der Waals surface area (Å²) in [6, 6.07) is 22.6. The minimum Gasteiger partial charge on any atom is -0.457 e. The number of halogens is 6. The highest BCUT2D eigenvalue weighted by atomic mass is 35.6. The molecule has 0 aliphatic carbocycles. The number of hydrogen-bond acceptors (Lipinski definition) is 5. The predicted molar refractivity (Wildman–Crippen MR) is 140 cm³/mol. The van der Waals surface area contributed by atoms with Gasteiger partial charge in [0.1, 0.15) is 11.5 Å². The minimum atomic E-state index is -2.01. The zero-order valence-corrected chi connectivity index (χ0v) is 22.0. The van der Waals surface area contributed by atoms with Gasteiger partial charge in [-0.1, -0.05) is 124 Å². The molecule has 1 aromatic heterocycles. The van der Waals surface area contributed by atoms with Crippen LogP contribution in [0.25, 0.3) is 11.4 Å². The SMILES string of the molecule is O=C(c1ccccc1)c1ccc(-c2nc(C(Cl)(Cl)Cl)nc(C(Cl)(Cl)Cl)n2)cc1Oc1ccccc1. The van der Waals surface area contributed by atoms with Crippen LogP contribution in [0.2, 0.25) is 0 Å². The third-order valence-electron chi connectivity index (χ3n) is 4.63. The molecule has 0 N–H and O–H groups in total. The Morgan fingerprint density at radius 2 is 1.23 bits per heavy atom. The monoisotopic (exact) mass is 585 g/mol. The van der Waals surface area contributed by atoms with Crippen LogP contribution in [0.3, 0.4) is 0 Å². The molecule has 0 saturated heterocycles. The number of carbonyl (C=O) groups excluding carboxylic acids is 1. The number of ketones is 1. The topological polar surface area (TPSA) is 65.0 Å². The van der Waals surface area contributed by atoms with Crippen LogP contribution in [0, 0.1) is 0 Å². The molecule has 4 rings (SSSR count). The molecule has 4 aromatic rings. The van der Waals surface area contributed by atoms with Gasteiger partial charge in [-0.15, -0.1) is 0 Å². The van der Waals surface area contributed by atoms with Gasteiger partial charge in [0, 0.05) is 11.1 Å². The average Bonchev–Trinajstić information content (AvgIpc) is 2.83. The molecule has 0 atom stereocenters. The molecule has 11 heteroatoms. The van der Waals surface area contributed by atoms with Crippen LogP contribution in [0.4, 0.5) is 0 Å². The lowest BCUT2D eigenvalue weighted by atomic mass is 10.0. The first-order valence-corrected chi connectivity index (χ1v) is 12.2. The van der Waals surface area contributed by atoms with Gasteiger partial charge in [0.2, 0.25) is 7.59 Å². The van der Waals surface area contributed by atoms with E-state index in [2.05, 4.69) is 15.0 Å². The molecule has 0 radical (unpaired) electrons. The van der Waals surface area contributed by atoms with Crippen LogP contribution < -0.4 is 4.74 Å². The number of alkyl halides is 6. The average molecular weight is 588 g/mol. The summed E-state index contributed by atoms with van der Waals surface area (Å²) in [4.78, 5) is 25.7. The van der Waals surface area contributed by atoms with E-state index in [0.717, 1.165) is 0 Å². The van der Waals surface area contributed by atoms with Crippen molar-refractivity contribution in [2.75, 3.05) is 0 Å². The van der Waals surface area contributed by atoms with E-state index in [9.17, 15) is 4.79 Å². The fourth-order valence-corrected chi connectivity index (χ4v) is 3.56. The molecule has 0 saturated carbocycles. The number of nitrogens with zero attached hydrogens (tertiary/aromatic N) is 3. The molecule has 5 nitrogen and oxygen atoms in total. The van der Waals surface area contributed by atoms with Crippen LogP contribution in [0.5, 0.6) is 11.5 Å². The highest BCUT2D eigenvalue weighted by Crippen LogP contribution is 2.41. The maximum Gasteiger partial charge on any atom is 0.250 e. The Morgan fingerprint density at radius 1 is 0.686 bits per heavy atom. The standard InChI is InChI=1S/C24H13Cl6N3O2/c25-23(26,27)21-31-20(32-22(33-21)24(28,29)30)15-11-12-17(19(34)14-7-3-1-4-8-14)18(13-15)35-16-9-5-2-6-10-16/h1-13H. The van der Waals surface area contributed by atoms with Crippen molar-refractivity contribution in [1.82, 2.24) is 15.0 Å². The van der Waals surface area contributed by atoms with E-state index in [1.807, 2.05) is 24.3 Å². The van der Waals surface area contributed by atoms with E-state index in [-0.39, 0.29) is 29.0 Å². The van der Waals surface area contributed by atoms with E-state index in [4.69, 9.17) is 74.3 Å². The van der Waals surface area contributed by atoms with Crippen molar-refractivity contribution >= 4 is 75.4 Å². The lowest BCUT2D eigenvalue weighted by Crippen LogP contribution is -2.16. The maximum absolute atomic E-state index is 13.3. The quantitative estimate of drug-likeness (QED) is 0.174. The van der Waals surface area contributed by atoms with Gasteiger partial charge in [-0.05, 0) is 24.3 Å². The van der Waals surface area contributed by atoms with Crippen molar-refractivity contribution in [1.29, 1.82) is 0 Å². The van der Waals surface area contributed by atoms with E-state index in [1.165, 1.54) is 0 Å². The Bertz CT molecular complexity index is 1330. The van der Waals surface area contributed by atoms with Crippen molar-refractivity contribution in [2.45, 2.75) is 7.59 Å². The fourth-order valence-electron chi connectivity index (χ4n) is 3.05. The van der Waals surface area contributed by atoms with E-state index >= 15 is 0 Å². The highest BCUT2D eigenvalue weighted by Gasteiger charge is 2.34. The molecule has 1 heterocycles. The van der Waals surface area contributed by atoms with Crippen molar-refractivity contribution in [3.8, 4) is 22.9 Å². The van der Waals surface area contributed by atoms with E-state index < -0.39 is 7.59 Å². The Labute approximate surface area is 230 Å². The normalized spacial score (nSPS) is 11.8. The number of para-hydroxylation sites is 1. The number of carbonyl (C=O) groups is 1. The highest BCUT2D eigenvalue weighted by molar-refractivity contribution is 6.67. The Balaban J connectivity index is 1.87. The van der Waals surface area contributed by atoms with Gasteiger partial charge in [0.15, 0.2) is 23.3 Å². The molecule has 0 spiro atoms. The number of rotatable bonds is 5. The van der Waals surface area contributed by atoms with Crippen molar-refractivity contribution in [2.24, 2.45) is 0 Å². The first kappa shape index (κ1) is 26.0. The van der Waals surface area contributed by atoms with Crippen LogP contribution in [-0.2, 0) is 7.59 Å². The lowest BCUT2D eigenvalue weighted by molar-refractivity contribution is 0.103. The maximum atomic E-state index is 13.3. The zero-order valence-electron chi connectivity index (χ0n) is 17.4. The summed E-state index contributed by atoms with van der Waals surface area (Å²) >= 11 is 36.0. The number of hydrogen-bond donors (Lipinski definition) is 0. The summed E-state index contributed by atoms with van der Waals surface area (Å²) in [6.07, 6.45) is 0. The van der Waals surface area contributed by atoms with Crippen LogP contribution in [0.1, 0.15) is 27.6 Å². The second-order valence-electron chi connectivity index (χ2n) is 7.12. The molecular weight excluding hydrogens is 575 g/mol. The molecule has 35 heavy (non-hydrogen) atoms. The molecule has 0 fully saturated rings. The first-order chi connectivity index (χ1) is 16.5. The third kappa shape index (κ3) is 6.36. The van der Waals surface area contributed by atoms with Crippen molar-refractivity contribution in [3.05, 3.63) is 102 Å². The molecule has 178 valence electrons. The molecule has 0 amide bonds. The molecule has 0 bridgehead atoms.